The Morgan fingerprint density at radius 2 is 1.90 bits per heavy atom. The van der Waals surface area contributed by atoms with Crippen LogP contribution in [0.5, 0.6) is 0 Å². The molecule has 0 atom stereocenters. The van der Waals surface area contributed by atoms with E-state index in [1.165, 1.54) is 11.8 Å². The van der Waals surface area contributed by atoms with E-state index in [0.29, 0.717) is 21.9 Å². The lowest BCUT2D eigenvalue weighted by molar-refractivity contribution is 0.0845. The van der Waals surface area contributed by atoms with E-state index >= 15 is 0 Å². The molecule has 0 aliphatic heterocycles. The Morgan fingerprint density at radius 1 is 1.10 bits per heavy atom. The predicted octanol–water partition coefficient (Wildman–Crippen LogP) is 3.23. The number of hydrogen-bond donors (Lipinski definition) is 3. The molecule has 0 bridgehead atoms. The van der Waals surface area contributed by atoms with Crippen LogP contribution in [-0.2, 0) is 5.75 Å². The SMILES string of the molecule is Cc1cc(CSc2ncccc2C(=O)NNC(=O)c2c[nH]c3ccccc23)no1. The summed E-state index contributed by atoms with van der Waals surface area (Å²) in [7, 11) is 0. The van der Waals surface area contributed by atoms with Crippen molar-refractivity contribution in [1.82, 2.24) is 26.0 Å². The van der Waals surface area contributed by atoms with Crippen LogP contribution in [0.15, 0.2) is 64.4 Å². The first-order valence-corrected chi connectivity index (χ1v) is 9.77. The van der Waals surface area contributed by atoms with Crippen LogP contribution in [0.25, 0.3) is 10.9 Å². The van der Waals surface area contributed by atoms with Crippen LogP contribution in [0.4, 0.5) is 0 Å². The molecule has 0 saturated heterocycles. The van der Waals surface area contributed by atoms with Crippen LogP contribution in [0.2, 0.25) is 0 Å². The van der Waals surface area contributed by atoms with Crippen LogP contribution < -0.4 is 10.9 Å². The maximum Gasteiger partial charge on any atom is 0.272 e. The Bertz CT molecular complexity index is 1180. The molecule has 146 valence electrons. The van der Waals surface area contributed by atoms with Gasteiger partial charge in [0.05, 0.1) is 16.8 Å². The number of pyridine rings is 1. The second kappa shape index (κ2) is 8.19. The summed E-state index contributed by atoms with van der Waals surface area (Å²) >= 11 is 1.36. The highest BCUT2D eigenvalue weighted by atomic mass is 32.2. The van der Waals surface area contributed by atoms with E-state index in [0.717, 1.165) is 22.4 Å². The average molecular weight is 407 g/mol. The summed E-state index contributed by atoms with van der Waals surface area (Å²) in [5.74, 6) is 0.368. The van der Waals surface area contributed by atoms with Crippen molar-refractivity contribution in [3.8, 4) is 0 Å². The van der Waals surface area contributed by atoms with Crippen LogP contribution >= 0.6 is 11.8 Å². The van der Waals surface area contributed by atoms with Crippen LogP contribution in [0, 0.1) is 6.92 Å². The molecule has 8 nitrogen and oxygen atoms in total. The van der Waals surface area contributed by atoms with Gasteiger partial charge in [0.1, 0.15) is 10.8 Å². The number of thioether (sulfide) groups is 1. The Labute approximate surface area is 170 Å². The third-order valence-electron chi connectivity index (χ3n) is 4.17. The number of amides is 2. The summed E-state index contributed by atoms with van der Waals surface area (Å²) in [4.78, 5) is 32.4. The van der Waals surface area contributed by atoms with E-state index in [1.54, 1.807) is 24.5 Å². The summed E-state index contributed by atoms with van der Waals surface area (Å²) in [6.07, 6.45) is 3.22. The molecule has 0 aliphatic rings. The number of hydrogen-bond acceptors (Lipinski definition) is 6. The highest BCUT2D eigenvalue weighted by molar-refractivity contribution is 7.98. The summed E-state index contributed by atoms with van der Waals surface area (Å²) < 4.78 is 5.05. The molecule has 2 amide bonds. The van der Waals surface area contributed by atoms with Gasteiger partial charge in [-0.15, -0.1) is 0 Å². The summed E-state index contributed by atoms with van der Waals surface area (Å²) in [6.45, 7) is 1.82. The molecule has 3 N–H and O–H groups in total. The van der Waals surface area contributed by atoms with Gasteiger partial charge >= 0.3 is 0 Å². The van der Waals surface area contributed by atoms with Gasteiger partial charge in [0.25, 0.3) is 11.8 Å². The van der Waals surface area contributed by atoms with Crippen molar-refractivity contribution in [2.45, 2.75) is 17.7 Å². The standard InChI is InChI=1S/C20H17N5O3S/c1-12-9-13(25-28-12)11-29-20-15(6-4-8-21-20)18(26)23-24-19(27)16-10-22-17-7-3-2-5-14(16)17/h2-10,22H,11H2,1H3,(H,23,26)(H,24,27). The fourth-order valence-corrected chi connectivity index (χ4v) is 3.69. The smallest absolute Gasteiger partial charge is 0.272 e. The third-order valence-corrected chi connectivity index (χ3v) is 5.21. The number of carbonyl (C=O) groups is 2. The summed E-state index contributed by atoms with van der Waals surface area (Å²) in [5, 5.41) is 5.25. The third kappa shape index (κ3) is 4.14. The number of carbonyl (C=O) groups excluding carboxylic acids is 2. The number of nitrogens with zero attached hydrogens (tertiary/aromatic N) is 2. The van der Waals surface area contributed by atoms with E-state index in [9.17, 15) is 9.59 Å². The van der Waals surface area contributed by atoms with E-state index in [4.69, 9.17) is 4.52 Å². The van der Waals surface area contributed by atoms with Gasteiger partial charge < -0.3 is 9.51 Å². The number of aromatic nitrogens is 3. The molecule has 3 aromatic heterocycles. The lowest BCUT2D eigenvalue weighted by Crippen LogP contribution is -2.41. The Morgan fingerprint density at radius 3 is 2.69 bits per heavy atom. The van der Waals surface area contributed by atoms with Crippen molar-refractivity contribution >= 4 is 34.5 Å². The summed E-state index contributed by atoms with van der Waals surface area (Å²) in [6, 6.07) is 12.6. The maximum absolute atomic E-state index is 12.6. The second-order valence-electron chi connectivity index (χ2n) is 6.23. The number of hydrazine groups is 1. The molecule has 0 unspecified atom stereocenters. The largest absolute Gasteiger partial charge is 0.361 e. The van der Waals surface area contributed by atoms with E-state index < -0.39 is 11.8 Å². The van der Waals surface area contributed by atoms with Crippen molar-refractivity contribution in [2.75, 3.05) is 0 Å². The molecule has 29 heavy (non-hydrogen) atoms. The fourth-order valence-electron chi connectivity index (χ4n) is 2.81. The van der Waals surface area contributed by atoms with Crippen LogP contribution in [-0.4, -0.2) is 26.9 Å². The van der Waals surface area contributed by atoms with Gasteiger partial charge in [0, 0.05) is 35.1 Å². The van der Waals surface area contributed by atoms with Gasteiger partial charge in [-0.3, -0.25) is 20.4 Å². The maximum atomic E-state index is 12.6. The lowest BCUT2D eigenvalue weighted by atomic mass is 10.2. The quantitative estimate of drug-likeness (QED) is 0.346. The Kier molecular flexibility index (Phi) is 5.30. The molecular formula is C20H17N5O3S. The van der Waals surface area contributed by atoms with Gasteiger partial charge in [-0.2, -0.15) is 0 Å². The minimum absolute atomic E-state index is 0.358. The van der Waals surface area contributed by atoms with E-state index in [-0.39, 0.29) is 0 Å². The lowest BCUT2D eigenvalue weighted by Gasteiger charge is -2.09. The van der Waals surface area contributed by atoms with Gasteiger partial charge in [-0.1, -0.05) is 35.1 Å². The highest BCUT2D eigenvalue weighted by Gasteiger charge is 2.16. The fraction of sp³-hybridized carbons (Fsp3) is 0.100. The zero-order chi connectivity index (χ0) is 20.2. The van der Waals surface area contributed by atoms with E-state index in [2.05, 4.69) is 26.0 Å². The van der Waals surface area contributed by atoms with E-state index in [1.807, 2.05) is 37.3 Å². The van der Waals surface area contributed by atoms with Gasteiger partial charge in [0.15, 0.2) is 0 Å². The first kappa shape index (κ1) is 18.8. The number of H-pyrrole nitrogens is 1. The molecule has 0 radical (unpaired) electrons. The van der Waals surface area contributed by atoms with Crippen molar-refractivity contribution in [3.05, 3.63) is 77.4 Å². The monoisotopic (exact) mass is 407 g/mol. The van der Waals surface area contributed by atoms with Crippen molar-refractivity contribution in [3.63, 3.8) is 0 Å². The molecule has 0 fully saturated rings. The minimum atomic E-state index is -0.454. The van der Waals surface area contributed by atoms with Gasteiger partial charge in [-0.25, -0.2) is 4.98 Å². The Balaban J connectivity index is 1.42. The average Bonchev–Trinajstić information content (AvgIpc) is 3.36. The molecule has 4 rings (SSSR count). The molecule has 1 aromatic carbocycles. The predicted molar refractivity (Wildman–Crippen MR) is 108 cm³/mol. The van der Waals surface area contributed by atoms with Crippen molar-refractivity contribution in [1.29, 1.82) is 0 Å². The zero-order valence-corrected chi connectivity index (χ0v) is 16.2. The highest BCUT2D eigenvalue weighted by Crippen LogP contribution is 2.24. The molecule has 0 aliphatic carbocycles. The molecule has 0 saturated carbocycles. The second-order valence-corrected chi connectivity index (χ2v) is 7.19. The summed E-state index contributed by atoms with van der Waals surface area (Å²) in [5.41, 5.74) is 7.32. The molecule has 9 heteroatoms. The van der Waals surface area contributed by atoms with Gasteiger partial charge in [0.2, 0.25) is 0 Å². The zero-order valence-electron chi connectivity index (χ0n) is 15.4. The molecule has 4 aromatic rings. The van der Waals surface area contributed by atoms with Crippen LogP contribution in [0.3, 0.4) is 0 Å². The van der Waals surface area contributed by atoms with Crippen molar-refractivity contribution in [2.24, 2.45) is 0 Å². The number of aromatic amines is 1. The number of fused-ring (bicyclic) bond motifs is 1. The van der Waals surface area contributed by atoms with Crippen LogP contribution in [0.1, 0.15) is 32.2 Å². The topological polar surface area (TPSA) is 113 Å². The van der Waals surface area contributed by atoms with Gasteiger partial charge in [-0.05, 0) is 25.1 Å². The molecular weight excluding hydrogens is 390 g/mol. The normalized spacial score (nSPS) is 10.8. The minimum Gasteiger partial charge on any atom is -0.361 e. The Hall–Kier alpha value is -3.59. The number of nitrogens with one attached hydrogen (secondary N) is 3. The number of para-hydroxylation sites is 1. The number of rotatable bonds is 5. The van der Waals surface area contributed by atoms with Crippen molar-refractivity contribution < 1.29 is 14.1 Å². The first-order chi connectivity index (χ1) is 14.1. The number of benzene rings is 1. The first-order valence-electron chi connectivity index (χ1n) is 8.78. The number of aryl methyl sites for hydroxylation is 1. The molecule has 3 heterocycles. The molecule has 0 spiro atoms.